The summed E-state index contributed by atoms with van der Waals surface area (Å²) in [5.74, 6) is 1.64. The second-order valence-electron chi connectivity index (χ2n) is 6.43. The highest BCUT2D eigenvalue weighted by molar-refractivity contribution is 6.30. The third-order valence-corrected chi connectivity index (χ3v) is 3.61. The smallest absolute Gasteiger partial charge is 0.269 e. The number of carbonyl (C=O) groups is 1. The maximum absolute atomic E-state index is 12.6. The van der Waals surface area contributed by atoms with Gasteiger partial charge in [0.15, 0.2) is 5.60 Å². The molecule has 1 N–H and O–H groups in total. The number of halogens is 1. The Morgan fingerprint density at radius 1 is 1.21 bits per heavy atom. The van der Waals surface area contributed by atoms with Gasteiger partial charge in [-0.2, -0.15) is 0 Å². The van der Waals surface area contributed by atoms with Gasteiger partial charge in [0.25, 0.3) is 5.91 Å². The fourth-order valence-corrected chi connectivity index (χ4v) is 2.15. The maximum atomic E-state index is 12.6. The Kier molecular flexibility index (Phi) is 5.44. The van der Waals surface area contributed by atoms with Crippen molar-refractivity contribution in [2.24, 2.45) is 0 Å². The number of ether oxygens (including phenoxy) is 1. The molecule has 5 nitrogen and oxygen atoms in total. The minimum atomic E-state index is -1.06. The van der Waals surface area contributed by atoms with Crippen molar-refractivity contribution in [2.45, 2.75) is 46.1 Å². The summed E-state index contributed by atoms with van der Waals surface area (Å²) in [6.45, 7) is 9.29. The van der Waals surface area contributed by atoms with Crippen LogP contribution in [0.3, 0.4) is 0 Å². The number of hydrogen-bond donors (Lipinski definition) is 1. The number of amides is 1. The molecule has 1 aromatic heterocycles. The van der Waals surface area contributed by atoms with E-state index >= 15 is 0 Å². The minimum absolute atomic E-state index is 0.180. The predicted octanol–water partition coefficient (Wildman–Crippen LogP) is 4.36. The van der Waals surface area contributed by atoms with Gasteiger partial charge in [-0.1, -0.05) is 25.4 Å². The summed E-state index contributed by atoms with van der Waals surface area (Å²) < 4.78 is 5.78. The van der Waals surface area contributed by atoms with Crippen LogP contribution in [0.4, 0.5) is 5.82 Å². The molecule has 128 valence electrons. The Morgan fingerprint density at radius 2 is 1.83 bits per heavy atom. The van der Waals surface area contributed by atoms with E-state index in [0.717, 1.165) is 5.69 Å². The van der Waals surface area contributed by atoms with Crippen LogP contribution >= 0.6 is 11.6 Å². The molecule has 0 spiro atoms. The molecule has 0 unspecified atom stereocenters. The van der Waals surface area contributed by atoms with Gasteiger partial charge >= 0.3 is 0 Å². The van der Waals surface area contributed by atoms with E-state index in [0.29, 0.717) is 22.4 Å². The molecule has 0 atom stereocenters. The van der Waals surface area contributed by atoms with Crippen molar-refractivity contribution in [2.75, 3.05) is 5.32 Å². The highest BCUT2D eigenvalue weighted by atomic mass is 35.5. The van der Waals surface area contributed by atoms with Gasteiger partial charge in [-0.3, -0.25) is 4.79 Å². The number of aryl methyl sites for hydroxylation is 1. The Balaban J connectivity index is 2.14. The van der Waals surface area contributed by atoms with Crippen LogP contribution in [0.2, 0.25) is 5.02 Å². The minimum Gasteiger partial charge on any atom is -0.478 e. The molecule has 1 heterocycles. The van der Waals surface area contributed by atoms with Crippen LogP contribution in [0.25, 0.3) is 0 Å². The molecule has 0 aliphatic heterocycles. The van der Waals surface area contributed by atoms with E-state index in [-0.39, 0.29) is 11.8 Å². The molecule has 0 fully saturated rings. The molecule has 0 aliphatic carbocycles. The summed E-state index contributed by atoms with van der Waals surface area (Å²) in [5.41, 5.74) is -0.259. The van der Waals surface area contributed by atoms with Crippen molar-refractivity contribution >= 4 is 23.3 Å². The maximum Gasteiger partial charge on any atom is 0.269 e. The van der Waals surface area contributed by atoms with Crippen LogP contribution in [0.15, 0.2) is 30.3 Å². The number of aromatic nitrogens is 2. The molecule has 0 saturated heterocycles. The molecule has 2 aromatic rings. The van der Waals surface area contributed by atoms with Crippen LogP contribution in [-0.4, -0.2) is 21.5 Å². The predicted molar refractivity (Wildman–Crippen MR) is 95.6 cm³/mol. The third-order valence-electron chi connectivity index (χ3n) is 3.36. The van der Waals surface area contributed by atoms with Crippen molar-refractivity contribution in [3.05, 3.63) is 46.9 Å². The van der Waals surface area contributed by atoms with E-state index in [1.165, 1.54) is 0 Å². The van der Waals surface area contributed by atoms with Crippen molar-refractivity contribution in [1.82, 2.24) is 9.97 Å². The highest BCUT2D eigenvalue weighted by Gasteiger charge is 2.30. The molecule has 2 rings (SSSR count). The van der Waals surface area contributed by atoms with Crippen LogP contribution in [0, 0.1) is 6.92 Å². The molecular formula is C18H22ClN3O2. The first-order chi connectivity index (χ1) is 11.2. The van der Waals surface area contributed by atoms with Crippen molar-refractivity contribution in [3.8, 4) is 5.75 Å². The van der Waals surface area contributed by atoms with Gasteiger partial charge in [-0.15, -0.1) is 0 Å². The van der Waals surface area contributed by atoms with E-state index in [1.54, 1.807) is 44.2 Å². The van der Waals surface area contributed by atoms with E-state index in [4.69, 9.17) is 16.3 Å². The van der Waals surface area contributed by atoms with Gasteiger partial charge in [0.1, 0.15) is 17.4 Å². The third kappa shape index (κ3) is 4.68. The zero-order chi connectivity index (χ0) is 17.9. The normalized spacial score (nSPS) is 11.5. The molecule has 1 aromatic carbocycles. The summed E-state index contributed by atoms with van der Waals surface area (Å²) in [6.07, 6.45) is 0. The summed E-state index contributed by atoms with van der Waals surface area (Å²) in [7, 11) is 0. The monoisotopic (exact) mass is 347 g/mol. The molecule has 24 heavy (non-hydrogen) atoms. The standard InChI is InChI=1S/C18H22ClN3O2/c1-11(2)16-20-12(3)10-15(21-16)22-17(23)18(4,5)24-14-8-6-13(19)7-9-14/h6-11H,1-5H3,(H,20,21,22,23). The van der Waals surface area contributed by atoms with E-state index < -0.39 is 5.60 Å². The first kappa shape index (κ1) is 18.2. The Bertz CT molecular complexity index is 728. The number of anilines is 1. The molecule has 0 bridgehead atoms. The number of rotatable bonds is 5. The summed E-state index contributed by atoms with van der Waals surface area (Å²) >= 11 is 5.86. The lowest BCUT2D eigenvalue weighted by atomic mass is 10.1. The van der Waals surface area contributed by atoms with E-state index in [1.807, 2.05) is 20.8 Å². The summed E-state index contributed by atoms with van der Waals surface area (Å²) in [6, 6.07) is 8.62. The van der Waals surface area contributed by atoms with Crippen LogP contribution < -0.4 is 10.1 Å². The average molecular weight is 348 g/mol. The Labute approximate surface area is 147 Å². The Morgan fingerprint density at radius 3 is 2.42 bits per heavy atom. The van der Waals surface area contributed by atoms with Gasteiger partial charge in [-0.05, 0) is 45.0 Å². The number of benzene rings is 1. The van der Waals surface area contributed by atoms with E-state index in [2.05, 4.69) is 15.3 Å². The van der Waals surface area contributed by atoms with Crippen molar-refractivity contribution in [1.29, 1.82) is 0 Å². The van der Waals surface area contributed by atoms with E-state index in [9.17, 15) is 4.79 Å². The van der Waals surface area contributed by atoms with Crippen LogP contribution in [0.1, 0.15) is 45.1 Å². The Hall–Kier alpha value is -2.14. The zero-order valence-electron chi connectivity index (χ0n) is 14.6. The first-order valence-electron chi connectivity index (χ1n) is 7.79. The molecule has 0 aliphatic rings. The molecule has 0 radical (unpaired) electrons. The average Bonchev–Trinajstić information content (AvgIpc) is 2.48. The molecular weight excluding hydrogens is 326 g/mol. The fourth-order valence-electron chi connectivity index (χ4n) is 2.02. The second-order valence-corrected chi connectivity index (χ2v) is 6.86. The largest absolute Gasteiger partial charge is 0.478 e. The summed E-state index contributed by atoms with van der Waals surface area (Å²) in [5, 5.41) is 3.42. The van der Waals surface area contributed by atoms with Crippen molar-refractivity contribution in [3.63, 3.8) is 0 Å². The SMILES string of the molecule is Cc1cc(NC(=O)C(C)(C)Oc2ccc(Cl)cc2)nc(C(C)C)n1. The lowest BCUT2D eigenvalue weighted by Gasteiger charge is -2.25. The lowest BCUT2D eigenvalue weighted by Crippen LogP contribution is -2.42. The summed E-state index contributed by atoms with van der Waals surface area (Å²) in [4.78, 5) is 21.3. The number of carbonyl (C=O) groups excluding carboxylic acids is 1. The van der Waals surface area contributed by atoms with Gasteiger partial charge in [0, 0.05) is 22.7 Å². The number of nitrogens with zero attached hydrogens (tertiary/aromatic N) is 2. The highest BCUT2D eigenvalue weighted by Crippen LogP contribution is 2.22. The van der Waals surface area contributed by atoms with Gasteiger partial charge in [0.2, 0.25) is 0 Å². The second kappa shape index (κ2) is 7.18. The van der Waals surface area contributed by atoms with Gasteiger partial charge in [0.05, 0.1) is 0 Å². The van der Waals surface area contributed by atoms with Gasteiger partial charge in [-0.25, -0.2) is 9.97 Å². The van der Waals surface area contributed by atoms with Crippen molar-refractivity contribution < 1.29 is 9.53 Å². The topological polar surface area (TPSA) is 64.1 Å². The van der Waals surface area contributed by atoms with Gasteiger partial charge < -0.3 is 10.1 Å². The van der Waals surface area contributed by atoms with Crippen LogP contribution in [0.5, 0.6) is 5.75 Å². The molecule has 0 saturated carbocycles. The zero-order valence-corrected chi connectivity index (χ0v) is 15.3. The molecule has 6 heteroatoms. The first-order valence-corrected chi connectivity index (χ1v) is 8.17. The quantitative estimate of drug-likeness (QED) is 0.872. The van der Waals surface area contributed by atoms with Crippen LogP contribution in [-0.2, 0) is 4.79 Å². The fraction of sp³-hybridized carbons (Fsp3) is 0.389. The molecule has 1 amide bonds. The lowest BCUT2D eigenvalue weighted by molar-refractivity contribution is -0.128. The number of hydrogen-bond acceptors (Lipinski definition) is 4. The number of nitrogens with one attached hydrogen (secondary N) is 1.